The van der Waals surface area contributed by atoms with E-state index in [2.05, 4.69) is 4.98 Å². The van der Waals surface area contributed by atoms with E-state index in [0.29, 0.717) is 11.3 Å². The molecular weight excluding hydrogens is 246 g/mol. The fraction of sp³-hybridized carbons (Fsp3) is 0.154. The van der Waals surface area contributed by atoms with E-state index in [1.165, 1.54) is 17.9 Å². The molecule has 0 fully saturated rings. The fourth-order valence-electron chi connectivity index (χ4n) is 1.79. The molecule has 19 heavy (non-hydrogen) atoms. The van der Waals surface area contributed by atoms with Crippen molar-refractivity contribution in [2.24, 2.45) is 0 Å². The molecule has 98 valence electrons. The number of carbonyl (C=O) groups excluding carboxylic acids is 1. The maximum Gasteiger partial charge on any atom is 0.347 e. The monoisotopic (exact) mass is 259 g/mol. The first kappa shape index (κ1) is 12.8. The molecule has 0 bridgehead atoms. The number of ether oxygens (including phenoxy) is 1. The molecule has 0 aliphatic rings. The van der Waals surface area contributed by atoms with Gasteiger partial charge in [-0.05, 0) is 17.7 Å². The Morgan fingerprint density at radius 2 is 2.21 bits per heavy atom. The number of nitrogens with two attached hydrogens (primary N) is 1. The molecule has 2 aromatic rings. The lowest BCUT2D eigenvalue weighted by Gasteiger charge is -2.11. The van der Waals surface area contributed by atoms with Crippen LogP contribution in [0.2, 0.25) is 0 Å². The van der Waals surface area contributed by atoms with Crippen LogP contribution in [0.5, 0.6) is 0 Å². The molecule has 0 atom stereocenters. The lowest BCUT2D eigenvalue weighted by Crippen LogP contribution is -2.23. The van der Waals surface area contributed by atoms with Crippen LogP contribution in [0.1, 0.15) is 15.9 Å². The Hall–Kier alpha value is -2.63. The number of hydrogen-bond donors (Lipinski definition) is 1. The summed E-state index contributed by atoms with van der Waals surface area (Å²) in [6.45, 7) is 0.210. The first-order valence-electron chi connectivity index (χ1n) is 5.60. The smallest absolute Gasteiger partial charge is 0.347 e. The molecule has 0 saturated heterocycles. The van der Waals surface area contributed by atoms with Crippen molar-refractivity contribution in [1.29, 1.82) is 0 Å². The van der Waals surface area contributed by atoms with Crippen LogP contribution in [0.15, 0.2) is 41.5 Å². The summed E-state index contributed by atoms with van der Waals surface area (Å²) in [6, 6.07) is 6.70. The third kappa shape index (κ3) is 2.62. The number of nitrogen functional groups attached to an aromatic ring is 1. The van der Waals surface area contributed by atoms with Crippen molar-refractivity contribution in [3.63, 3.8) is 0 Å². The fourth-order valence-corrected chi connectivity index (χ4v) is 1.79. The predicted molar refractivity (Wildman–Crippen MR) is 69.8 cm³/mol. The minimum Gasteiger partial charge on any atom is -0.465 e. The molecule has 0 aliphatic heterocycles. The van der Waals surface area contributed by atoms with Gasteiger partial charge in [0.15, 0.2) is 0 Å². The maximum absolute atomic E-state index is 11.7. The van der Waals surface area contributed by atoms with Crippen LogP contribution >= 0.6 is 0 Å². The van der Waals surface area contributed by atoms with Gasteiger partial charge in [-0.3, -0.25) is 4.57 Å². The number of carbonyl (C=O) groups is 1. The van der Waals surface area contributed by atoms with Crippen molar-refractivity contribution in [3.05, 3.63) is 58.3 Å². The SMILES string of the molecule is COC(=O)c1c(N)cccc1Cn1cccnc1=O. The van der Waals surface area contributed by atoms with Crippen molar-refractivity contribution in [1.82, 2.24) is 9.55 Å². The van der Waals surface area contributed by atoms with Gasteiger partial charge in [-0.1, -0.05) is 12.1 Å². The molecule has 0 amide bonds. The molecule has 6 heteroatoms. The van der Waals surface area contributed by atoms with Crippen LogP contribution in [0.25, 0.3) is 0 Å². The van der Waals surface area contributed by atoms with Gasteiger partial charge in [0.05, 0.1) is 19.2 Å². The third-order valence-corrected chi connectivity index (χ3v) is 2.70. The summed E-state index contributed by atoms with van der Waals surface area (Å²) < 4.78 is 6.09. The molecule has 1 aromatic carbocycles. The molecule has 2 rings (SSSR count). The van der Waals surface area contributed by atoms with E-state index in [9.17, 15) is 9.59 Å². The van der Waals surface area contributed by atoms with E-state index in [-0.39, 0.29) is 17.8 Å². The minimum absolute atomic E-state index is 0.210. The zero-order valence-electron chi connectivity index (χ0n) is 10.4. The Morgan fingerprint density at radius 1 is 1.42 bits per heavy atom. The highest BCUT2D eigenvalue weighted by atomic mass is 16.5. The second-order valence-corrected chi connectivity index (χ2v) is 3.90. The van der Waals surface area contributed by atoms with E-state index >= 15 is 0 Å². The standard InChI is InChI=1S/C13H13N3O3/c1-19-12(17)11-9(4-2-5-10(11)14)8-16-7-3-6-15-13(16)18/h2-7H,8,14H2,1H3. The van der Waals surface area contributed by atoms with Gasteiger partial charge in [0.1, 0.15) is 0 Å². The molecule has 0 unspecified atom stereocenters. The van der Waals surface area contributed by atoms with Crippen molar-refractivity contribution in [3.8, 4) is 0 Å². The highest BCUT2D eigenvalue weighted by molar-refractivity contribution is 5.96. The summed E-state index contributed by atoms with van der Waals surface area (Å²) >= 11 is 0. The largest absolute Gasteiger partial charge is 0.465 e. The normalized spacial score (nSPS) is 10.2. The van der Waals surface area contributed by atoms with Gasteiger partial charge in [0.25, 0.3) is 0 Å². The molecule has 6 nitrogen and oxygen atoms in total. The Kier molecular flexibility index (Phi) is 3.61. The van der Waals surface area contributed by atoms with E-state index in [1.54, 1.807) is 30.5 Å². The van der Waals surface area contributed by atoms with Crippen LogP contribution in [0.3, 0.4) is 0 Å². The third-order valence-electron chi connectivity index (χ3n) is 2.70. The Morgan fingerprint density at radius 3 is 2.89 bits per heavy atom. The Bertz CT molecular complexity index is 664. The average molecular weight is 259 g/mol. The van der Waals surface area contributed by atoms with Crippen LogP contribution in [-0.2, 0) is 11.3 Å². The first-order valence-corrected chi connectivity index (χ1v) is 5.60. The second kappa shape index (κ2) is 5.34. The lowest BCUT2D eigenvalue weighted by atomic mass is 10.1. The number of anilines is 1. The van der Waals surface area contributed by atoms with Gasteiger partial charge in [-0.25, -0.2) is 14.6 Å². The van der Waals surface area contributed by atoms with Gasteiger partial charge in [0.2, 0.25) is 0 Å². The molecule has 1 heterocycles. The van der Waals surface area contributed by atoms with Crippen molar-refractivity contribution < 1.29 is 9.53 Å². The number of benzene rings is 1. The molecule has 2 N–H and O–H groups in total. The van der Waals surface area contributed by atoms with E-state index in [1.807, 2.05) is 0 Å². The molecule has 0 spiro atoms. The molecular formula is C13H13N3O3. The first-order chi connectivity index (χ1) is 9.13. The summed E-state index contributed by atoms with van der Waals surface area (Å²) in [5.41, 5.74) is 6.61. The van der Waals surface area contributed by atoms with Crippen molar-refractivity contribution in [2.45, 2.75) is 6.54 Å². The summed E-state index contributed by atoms with van der Waals surface area (Å²) in [7, 11) is 1.29. The van der Waals surface area contributed by atoms with E-state index < -0.39 is 5.97 Å². The van der Waals surface area contributed by atoms with Crippen LogP contribution in [0.4, 0.5) is 5.69 Å². The van der Waals surface area contributed by atoms with Gasteiger partial charge in [0, 0.05) is 18.1 Å². The van der Waals surface area contributed by atoms with Gasteiger partial charge < -0.3 is 10.5 Å². The number of nitrogens with zero attached hydrogens (tertiary/aromatic N) is 2. The molecule has 0 radical (unpaired) electrons. The molecule has 1 aromatic heterocycles. The zero-order valence-corrected chi connectivity index (χ0v) is 10.4. The highest BCUT2D eigenvalue weighted by Gasteiger charge is 2.15. The number of hydrogen-bond acceptors (Lipinski definition) is 5. The van der Waals surface area contributed by atoms with Crippen LogP contribution < -0.4 is 11.4 Å². The summed E-state index contributed by atoms with van der Waals surface area (Å²) in [6.07, 6.45) is 3.01. The zero-order chi connectivity index (χ0) is 13.8. The Labute approximate surface area is 109 Å². The molecule has 0 saturated carbocycles. The van der Waals surface area contributed by atoms with Crippen LogP contribution in [-0.4, -0.2) is 22.6 Å². The summed E-state index contributed by atoms with van der Waals surface area (Å²) in [5, 5.41) is 0. The van der Waals surface area contributed by atoms with Crippen molar-refractivity contribution in [2.75, 3.05) is 12.8 Å². The van der Waals surface area contributed by atoms with Gasteiger partial charge in [-0.2, -0.15) is 0 Å². The van der Waals surface area contributed by atoms with Gasteiger partial charge in [-0.15, -0.1) is 0 Å². The quantitative estimate of drug-likeness (QED) is 0.646. The summed E-state index contributed by atoms with van der Waals surface area (Å²) in [4.78, 5) is 26.9. The second-order valence-electron chi connectivity index (χ2n) is 3.90. The number of esters is 1. The highest BCUT2D eigenvalue weighted by Crippen LogP contribution is 2.18. The van der Waals surface area contributed by atoms with E-state index in [4.69, 9.17) is 10.5 Å². The van der Waals surface area contributed by atoms with Gasteiger partial charge >= 0.3 is 11.7 Å². The Balaban J connectivity index is 2.46. The topological polar surface area (TPSA) is 87.2 Å². The number of methoxy groups -OCH3 is 1. The average Bonchev–Trinajstić information content (AvgIpc) is 2.41. The predicted octanol–water partition coefficient (Wildman–Crippen LogP) is 0.660. The summed E-state index contributed by atoms with van der Waals surface area (Å²) in [5.74, 6) is -0.523. The van der Waals surface area contributed by atoms with Crippen molar-refractivity contribution >= 4 is 11.7 Å². The van der Waals surface area contributed by atoms with Crippen LogP contribution in [0, 0.1) is 0 Å². The van der Waals surface area contributed by atoms with E-state index in [0.717, 1.165) is 0 Å². The maximum atomic E-state index is 11.7. The molecule has 0 aliphatic carbocycles. The lowest BCUT2D eigenvalue weighted by molar-refractivity contribution is 0.0600. The minimum atomic E-state index is -0.523. The number of rotatable bonds is 3. The number of aromatic nitrogens is 2.